The van der Waals surface area contributed by atoms with E-state index in [4.69, 9.17) is 0 Å². The van der Waals surface area contributed by atoms with Crippen molar-refractivity contribution in [3.05, 3.63) is 46.8 Å². The minimum atomic E-state index is -4.18. The second-order valence-electron chi connectivity index (χ2n) is 3.40. The molecule has 0 aliphatic heterocycles. The Morgan fingerprint density at radius 2 is 1.89 bits per heavy atom. The Hall–Kier alpha value is -1.61. The number of nitrogens with one attached hydrogen (secondary N) is 1. The van der Waals surface area contributed by atoms with E-state index in [1.165, 1.54) is 6.20 Å². The third kappa shape index (κ3) is 3.24. The molecule has 0 bridgehead atoms. The van der Waals surface area contributed by atoms with Gasteiger partial charge in [0.05, 0.1) is 12.4 Å². The molecule has 0 unspecified atom stereocenters. The standard InChI is InChI=1S/C10H6BrF2N3O2S/c11-9-4-15-10(5-14-9)16-19(17,18)8-2-1-6(12)3-7(8)13/h1-5H,(H,15,16). The van der Waals surface area contributed by atoms with Crippen LogP contribution >= 0.6 is 15.9 Å². The Bertz CT molecular complexity index is 707. The molecule has 0 atom stereocenters. The molecule has 5 nitrogen and oxygen atoms in total. The van der Waals surface area contributed by atoms with Crippen molar-refractivity contribution in [2.24, 2.45) is 0 Å². The SMILES string of the molecule is O=S(=O)(Nc1cnc(Br)cn1)c1ccc(F)cc1F. The highest BCUT2D eigenvalue weighted by Crippen LogP contribution is 2.18. The molecular formula is C10H6BrF2N3O2S. The zero-order valence-corrected chi connectivity index (χ0v) is 11.5. The van der Waals surface area contributed by atoms with Gasteiger partial charge < -0.3 is 0 Å². The van der Waals surface area contributed by atoms with Crippen LogP contribution in [0.1, 0.15) is 0 Å². The summed E-state index contributed by atoms with van der Waals surface area (Å²) in [5.74, 6) is -2.12. The molecule has 0 aliphatic carbocycles. The number of sulfonamides is 1. The smallest absolute Gasteiger partial charge is 0.262 e. The quantitative estimate of drug-likeness (QED) is 0.922. The largest absolute Gasteiger partial charge is 0.266 e. The lowest BCUT2D eigenvalue weighted by Crippen LogP contribution is -2.15. The number of anilines is 1. The summed E-state index contributed by atoms with van der Waals surface area (Å²) in [7, 11) is -4.18. The van der Waals surface area contributed by atoms with E-state index in [-0.39, 0.29) is 5.82 Å². The minimum Gasteiger partial charge on any atom is -0.262 e. The van der Waals surface area contributed by atoms with Gasteiger partial charge in [-0.25, -0.2) is 27.2 Å². The number of nitrogens with zero attached hydrogens (tertiary/aromatic N) is 2. The van der Waals surface area contributed by atoms with Crippen LogP contribution in [-0.4, -0.2) is 18.4 Å². The Balaban J connectivity index is 2.35. The van der Waals surface area contributed by atoms with Crippen LogP contribution in [0.3, 0.4) is 0 Å². The highest BCUT2D eigenvalue weighted by atomic mass is 79.9. The first-order valence-electron chi connectivity index (χ1n) is 4.84. The first kappa shape index (κ1) is 13.8. The summed E-state index contributed by atoms with van der Waals surface area (Å²) < 4.78 is 52.3. The second-order valence-corrected chi connectivity index (χ2v) is 5.87. The predicted molar refractivity (Wildman–Crippen MR) is 66.9 cm³/mol. The van der Waals surface area contributed by atoms with E-state index in [2.05, 4.69) is 25.9 Å². The molecule has 2 aromatic rings. The molecule has 0 aliphatic rings. The van der Waals surface area contributed by atoms with E-state index in [1.54, 1.807) is 0 Å². The molecule has 0 radical (unpaired) electrons. The van der Waals surface area contributed by atoms with E-state index in [9.17, 15) is 17.2 Å². The van der Waals surface area contributed by atoms with E-state index < -0.39 is 26.6 Å². The van der Waals surface area contributed by atoms with Gasteiger partial charge in [0.2, 0.25) is 0 Å². The number of aromatic nitrogens is 2. The summed E-state index contributed by atoms with van der Waals surface area (Å²) in [4.78, 5) is 6.84. The van der Waals surface area contributed by atoms with Gasteiger partial charge in [0.25, 0.3) is 10.0 Å². The Morgan fingerprint density at radius 1 is 1.16 bits per heavy atom. The van der Waals surface area contributed by atoms with Crippen LogP contribution in [0.25, 0.3) is 0 Å². The van der Waals surface area contributed by atoms with Crippen molar-refractivity contribution in [2.75, 3.05) is 4.72 Å². The number of benzene rings is 1. The van der Waals surface area contributed by atoms with Gasteiger partial charge in [-0.3, -0.25) is 4.72 Å². The molecule has 0 saturated heterocycles. The predicted octanol–water partition coefficient (Wildman–Crippen LogP) is 2.32. The van der Waals surface area contributed by atoms with Crippen LogP contribution in [0, 0.1) is 11.6 Å². The van der Waals surface area contributed by atoms with E-state index in [0.29, 0.717) is 10.7 Å². The van der Waals surface area contributed by atoms with Crippen LogP contribution in [0.15, 0.2) is 40.1 Å². The first-order valence-corrected chi connectivity index (χ1v) is 7.11. The second kappa shape index (κ2) is 5.17. The van der Waals surface area contributed by atoms with Crippen molar-refractivity contribution < 1.29 is 17.2 Å². The summed E-state index contributed by atoms with van der Waals surface area (Å²) >= 11 is 3.04. The fraction of sp³-hybridized carbons (Fsp3) is 0. The van der Waals surface area contributed by atoms with Crippen LogP contribution < -0.4 is 4.72 Å². The molecule has 100 valence electrons. The fourth-order valence-corrected chi connectivity index (χ4v) is 2.51. The highest BCUT2D eigenvalue weighted by Gasteiger charge is 2.20. The third-order valence-corrected chi connectivity index (χ3v) is 3.84. The molecule has 9 heteroatoms. The van der Waals surface area contributed by atoms with Gasteiger partial charge >= 0.3 is 0 Å². The van der Waals surface area contributed by atoms with Crippen LogP contribution in [0.4, 0.5) is 14.6 Å². The summed E-state index contributed by atoms with van der Waals surface area (Å²) in [5, 5.41) is 0. The monoisotopic (exact) mass is 349 g/mol. The number of hydrogen-bond acceptors (Lipinski definition) is 4. The maximum absolute atomic E-state index is 13.4. The van der Waals surface area contributed by atoms with Crippen molar-refractivity contribution in [3.63, 3.8) is 0 Å². The van der Waals surface area contributed by atoms with Crippen molar-refractivity contribution in [1.29, 1.82) is 0 Å². The van der Waals surface area contributed by atoms with Crippen LogP contribution in [0.5, 0.6) is 0 Å². The molecule has 1 aromatic heterocycles. The third-order valence-electron chi connectivity index (χ3n) is 2.04. The van der Waals surface area contributed by atoms with Gasteiger partial charge in [0.15, 0.2) is 5.82 Å². The fourth-order valence-electron chi connectivity index (χ4n) is 1.25. The Kier molecular flexibility index (Phi) is 3.76. The lowest BCUT2D eigenvalue weighted by atomic mass is 10.3. The molecule has 0 fully saturated rings. The molecule has 19 heavy (non-hydrogen) atoms. The first-order chi connectivity index (χ1) is 8.88. The van der Waals surface area contributed by atoms with Gasteiger partial charge in [0, 0.05) is 6.07 Å². The molecule has 0 spiro atoms. The number of halogens is 3. The van der Waals surface area contributed by atoms with E-state index >= 15 is 0 Å². The Morgan fingerprint density at radius 3 is 2.47 bits per heavy atom. The average Bonchev–Trinajstić information content (AvgIpc) is 2.31. The average molecular weight is 350 g/mol. The zero-order valence-electron chi connectivity index (χ0n) is 9.14. The maximum Gasteiger partial charge on any atom is 0.266 e. The molecular weight excluding hydrogens is 344 g/mol. The van der Waals surface area contributed by atoms with Gasteiger partial charge in [-0.1, -0.05) is 0 Å². The number of rotatable bonds is 3. The lowest BCUT2D eigenvalue weighted by Gasteiger charge is -2.07. The van der Waals surface area contributed by atoms with Crippen LogP contribution in [0.2, 0.25) is 0 Å². The Labute approximate surface area is 115 Å². The number of hydrogen-bond donors (Lipinski definition) is 1. The maximum atomic E-state index is 13.4. The normalized spacial score (nSPS) is 11.3. The molecule has 0 amide bonds. The van der Waals surface area contributed by atoms with Crippen molar-refractivity contribution in [1.82, 2.24) is 9.97 Å². The van der Waals surface area contributed by atoms with Crippen LogP contribution in [-0.2, 0) is 10.0 Å². The highest BCUT2D eigenvalue weighted by molar-refractivity contribution is 9.10. The van der Waals surface area contributed by atoms with Crippen molar-refractivity contribution in [3.8, 4) is 0 Å². The van der Waals surface area contributed by atoms with Gasteiger partial charge in [-0.05, 0) is 28.1 Å². The molecule has 1 aromatic carbocycles. The lowest BCUT2D eigenvalue weighted by molar-refractivity contribution is 0.551. The van der Waals surface area contributed by atoms with Gasteiger partial charge in [-0.15, -0.1) is 0 Å². The van der Waals surface area contributed by atoms with Crippen molar-refractivity contribution in [2.45, 2.75) is 4.90 Å². The molecule has 2 rings (SSSR count). The van der Waals surface area contributed by atoms with E-state index in [0.717, 1.165) is 18.3 Å². The molecule has 0 saturated carbocycles. The van der Waals surface area contributed by atoms with Gasteiger partial charge in [-0.2, -0.15) is 0 Å². The zero-order chi connectivity index (χ0) is 14.0. The van der Waals surface area contributed by atoms with Crippen molar-refractivity contribution >= 4 is 31.8 Å². The molecule has 1 heterocycles. The van der Waals surface area contributed by atoms with E-state index in [1.807, 2.05) is 4.72 Å². The topological polar surface area (TPSA) is 72.0 Å². The molecule has 1 N–H and O–H groups in total. The summed E-state index contributed by atoms with van der Waals surface area (Å²) in [6.45, 7) is 0. The summed E-state index contributed by atoms with van der Waals surface area (Å²) in [5.41, 5.74) is 0. The summed E-state index contributed by atoms with van der Waals surface area (Å²) in [6, 6.07) is 2.17. The summed E-state index contributed by atoms with van der Waals surface area (Å²) in [6.07, 6.45) is 2.43. The minimum absolute atomic E-state index is 0.0769. The van der Waals surface area contributed by atoms with Gasteiger partial charge in [0.1, 0.15) is 21.1 Å².